The van der Waals surface area contributed by atoms with Gasteiger partial charge in [0.2, 0.25) is 10.0 Å². The van der Waals surface area contributed by atoms with Crippen molar-refractivity contribution >= 4 is 10.0 Å². The topological polar surface area (TPSA) is 72.2 Å². The summed E-state index contributed by atoms with van der Waals surface area (Å²) in [6.07, 6.45) is 4.98. The number of aryl methyl sites for hydroxylation is 1. The molecule has 2 rings (SSSR count). The normalized spacial score (nSPS) is 23.1. The standard InChI is InChI=1S/C15H24N2O2S/c1-2-4-12-7-9-14(10-8-12)20(18,19)17-15-6-3-5-13(15)11-16/h7-10,13,15,17H,2-6,11,16H2,1H3. The molecule has 1 aromatic rings. The average molecular weight is 296 g/mol. The third kappa shape index (κ3) is 3.59. The Morgan fingerprint density at radius 1 is 1.25 bits per heavy atom. The van der Waals surface area contributed by atoms with Crippen molar-refractivity contribution in [3.05, 3.63) is 29.8 Å². The van der Waals surface area contributed by atoms with Crippen LogP contribution in [0, 0.1) is 5.92 Å². The van der Waals surface area contributed by atoms with Gasteiger partial charge in [-0.05, 0) is 49.4 Å². The van der Waals surface area contributed by atoms with E-state index in [1.165, 1.54) is 5.56 Å². The third-order valence-corrected chi connectivity index (χ3v) is 5.55. The molecule has 0 saturated heterocycles. The van der Waals surface area contributed by atoms with Crippen LogP contribution in [0.15, 0.2) is 29.2 Å². The number of hydrogen-bond acceptors (Lipinski definition) is 3. The summed E-state index contributed by atoms with van der Waals surface area (Å²) in [5.41, 5.74) is 6.87. The Morgan fingerprint density at radius 2 is 1.95 bits per heavy atom. The van der Waals surface area contributed by atoms with Crippen LogP contribution in [-0.2, 0) is 16.4 Å². The second-order valence-electron chi connectivity index (χ2n) is 5.55. The van der Waals surface area contributed by atoms with Gasteiger partial charge >= 0.3 is 0 Å². The highest BCUT2D eigenvalue weighted by atomic mass is 32.2. The van der Waals surface area contributed by atoms with Crippen LogP contribution in [0.2, 0.25) is 0 Å². The molecule has 0 radical (unpaired) electrons. The van der Waals surface area contributed by atoms with E-state index in [1.54, 1.807) is 12.1 Å². The van der Waals surface area contributed by atoms with Crippen LogP contribution in [0.3, 0.4) is 0 Å². The molecular weight excluding hydrogens is 272 g/mol. The smallest absolute Gasteiger partial charge is 0.240 e. The summed E-state index contributed by atoms with van der Waals surface area (Å²) < 4.78 is 27.5. The maximum Gasteiger partial charge on any atom is 0.240 e. The zero-order valence-corrected chi connectivity index (χ0v) is 12.8. The molecule has 0 spiro atoms. The van der Waals surface area contributed by atoms with Crippen molar-refractivity contribution in [2.24, 2.45) is 11.7 Å². The SMILES string of the molecule is CCCc1ccc(S(=O)(=O)NC2CCCC2CN)cc1. The highest BCUT2D eigenvalue weighted by Crippen LogP contribution is 2.26. The molecule has 1 saturated carbocycles. The Hall–Kier alpha value is -0.910. The molecular formula is C15H24N2O2S. The molecule has 1 aliphatic carbocycles. The molecule has 5 heteroatoms. The summed E-state index contributed by atoms with van der Waals surface area (Å²) in [5.74, 6) is 0.268. The van der Waals surface area contributed by atoms with Gasteiger partial charge in [-0.1, -0.05) is 31.9 Å². The van der Waals surface area contributed by atoms with Crippen molar-refractivity contribution < 1.29 is 8.42 Å². The number of rotatable bonds is 6. The van der Waals surface area contributed by atoms with Crippen LogP contribution in [-0.4, -0.2) is 21.0 Å². The highest BCUT2D eigenvalue weighted by Gasteiger charge is 2.30. The van der Waals surface area contributed by atoms with E-state index < -0.39 is 10.0 Å². The average Bonchev–Trinajstić information content (AvgIpc) is 2.86. The molecule has 0 bridgehead atoms. The van der Waals surface area contributed by atoms with Crippen molar-refractivity contribution in [1.29, 1.82) is 0 Å². The minimum atomic E-state index is -3.42. The predicted octanol–water partition coefficient (Wildman–Crippen LogP) is 2.04. The van der Waals surface area contributed by atoms with Crippen molar-refractivity contribution in [1.82, 2.24) is 4.72 Å². The summed E-state index contributed by atoms with van der Waals surface area (Å²) >= 11 is 0. The van der Waals surface area contributed by atoms with E-state index >= 15 is 0 Å². The fraction of sp³-hybridized carbons (Fsp3) is 0.600. The molecule has 2 atom stereocenters. The molecule has 1 fully saturated rings. The summed E-state index contributed by atoms with van der Waals surface area (Å²) in [5, 5.41) is 0. The molecule has 1 aliphatic rings. The first-order valence-electron chi connectivity index (χ1n) is 7.38. The Labute approximate surface area is 121 Å². The second kappa shape index (κ2) is 6.70. The second-order valence-corrected chi connectivity index (χ2v) is 7.26. The number of benzene rings is 1. The van der Waals surface area contributed by atoms with Gasteiger partial charge in [0, 0.05) is 6.04 Å². The summed E-state index contributed by atoms with van der Waals surface area (Å²) in [6, 6.07) is 7.17. The fourth-order valence-corrected chi connectivity index (χ4v) is 4.20. The molecule has 0 heterocycles. The van der Waals surface area contributed by atoms with Gasteiger partial charge in [-0.3, -0.25) is 0 Å². The van der Waals surface area contributed by atoms with E-state index in [0.29, 0.717) is 11.4 Å². The van der Waals surface area contributed by atoms with Crippen molar-refractivity contribution in [3.8, 4) is 0 Å². The lowest BCUT2D eigenvalue weighted by Gasteiger charge is -2.19. The molecule has 2 unspecified atom stereocenters. The van der Waals surface area contributed by atoms with Crippen LogP contribution in [0.1, 0.15) is 38.2 Å². The van der Waals surface area contributed by atoms with Gasteiger partial charge in [-0.15, -0.1) is 0 Å². The van der Waals surface area contributed by atoms with E-state index in [0.717, 1.165) is 32.1 Å². The first-order chi connectivity index (χ1) is 9.56. The van der Waals surface area contributed by atoms with E-state index in [4.69, 9.17) is 5.73 Å². The largest absolute Gasteiger partial charge is 0.330 e. The van der Waals surface area contributed by atoms with Crippen molar-refractivity contribution in [3.63, 3.8) is 0 Å². The monoisotopic (exact) mass is 296 g/mol. The van der Waals surface area contributed by atoms with Crippen LogP contribution in [0.25, 0.3) is 0 Å². The van der Waals surface area contributed by atoms with E-state index in [2.05, 4.69) is 11.6 Å². The van der Waals surface area contributed by atoms with Gasteiger partial charge in [0.15, 0.2) is 0 Å². The first kappa shape index (κ1) is 15.5. The molecule has 3 N–H and O–H groups in total. The first-order valence-corrected chi connectivity index (χ1v) is 8.86. The maximum absolute atomic E-state index is 12.4. The lowest BCUT2D eigenvalue weighted by Crippen LogP contribution is -2.39. The minimum absolute atomic E-state index is 0.0136. The lowest BCUT2D eigenvalue weighted by molar-refractivity contribution is 0.453. The summed E-state index contributed by atoms with van der Waals surface area (Å²) in [6.45, 7) is 2.65. The van der Waals surface area contributed by atoms with Crippen LogP contribution in [0.4, 0.5) is 0 Å². The van der Waals surface area contributed by atoms with Gasteiger partial charge in [0.1, 0.15) is 0 Å². The number of nitrogens with two attached hydrogens (primary N) is 1. The Morgan fingerprint density at radius 3 is 2.55 bits per heavy atom. The Kier molecular flexibility index (Phi) is 5.18. The lowest BCUT2D eigenvalue weighted by atomic mass is 10.1. The van der Waals surface area contributed by atoms with Gasteiger partial charge in [0.05, 0.1) is 4.90 Å². The molecule has 0 aromatic heterocycles. The van der Waals surface area contributed by atoms with Crippen LogP contribution in [0.5, 0.6) is 0 Å². The summed E-state index contributed by atoms with van der Waals surface area (Å²) in [4.78, 5) is 0.347. The van der Waals surface area contributed by atoms with Gasteiger partial charge < -0.3 is 5.73 Å². The fourth-order valence-electron chi connectivity index (χ4n) is 2.87. The predicted molar refractivity (Wildman–Crippen MR) is 80.9 cm³/mol. The maximum atomic E-state index is 12.4. The zero-order valence-electron chi connectivity index (χ0n) is 12.0. The van der Waals surface area contributed by atoms with Gasteiger partial charge in [-0.25, -0.2) is 13.1 Å². The number of hydrogen-bond donors (Lipinski definition) is 2. The van der Waals surface area contributed by atoms with Crippen LogP contribution < -0.4 is 10.5 Å². The number of nitrogens with one attached hydrogen (secondary N) is 1. The highest BCUT2D eigenvalue weighted by molar-refractivity contribution is 7.89. The summed E-state index contributed by atoms with van der Waals surface area (Å²) in [7, 11) is -3.42. The Bertz CT molecular complexity index is 525. The van der Waals surface area contributed by atoms with Crippen molar-refractivity contribution in [2.45, 2.75) is 50.0 Å². The minimum Gasteiger partial charge on any atom is -0.330 e. The Balaban J connectivity index is 2.09. The molecule has 0 amide bonds. The van der Waals surface area contributed by atoms with Gasteiger partial charge in [-0.2, -0.15) is 0 Å². The quantitative estimate of drug-likeness (QED) is 0.844. The molecule has 112 valence electrons. The number of sulfonamides is 1. The molecule has 20 heavy (non-hydrogen) atoms. The third-order valence-electron chi connectivity index (χ3n) is 4.04. The molecule has 1 aromatic carbocycles. The molecule has 0 aliphatic heterocycles. The van der Waals surface area contributed by atoms with E-state index in [9.17, 15) is 8.42 Å². The van der Waals surface area contributed by atoms with E-state index in [-0.39, 0.29) is 12.0 Å². The molecule has 4 nitrogen and oxygen atoms in total. The van der Waals surface area contributed by atoms with Crippen molar-refractivity contribution in [2.75, 3.05) is 6.54 Å². The van der Waals surface area contributed by atoms with E-state index in [1.807, 2.05) is 12.1 Å². The van der Waals surface area contributed by atoms with Gasteiger partial charge in [0.25, 0.3) is 0 Å². The zero-order chi connectivity index (χ0) is 14.6. The van der Waals surface area contributed by atoms with Crippen LogP contribution >= 0.6 is 0 Å².